The van der Waals surface area contributed by atoms with Crippen LogP contribution in [0.3, 0.4) is 0 Å². The lowest BCUT2D eigenvalue weighted by Gasteiger charge is -2.35. The van der Waals surface area contributed by atoms with Crippen LogP contribution in [0.4, 0.5) is 0 Å². The van der Waals surface area contributed by atoms with Crippen LogP contribution in [0.25, 0.3) is 22.2 Å². The van der Waals surface area contributed by atoms with Gasteiger partial charge in [0.15, 0.2) is 0 Å². The van der Waals surface area contributed by atoms with Crippen molar-refractivity contribution in [3.8, 4) is 11.3 Å². The number of amides is 1. The van der Waals surface area contributed by atoms with Crippen LogP contribution in [0, 0.1) is 0 Å². The lowest BCUT2D eigenvalue weighted by Crippen LogP contribution is -2.43. The van der Waals surface area contributed by atoms with Gasteiger partial charge in [-0.2, -0.15) is 0 Å². The molecule has 1 unspecified atom stereocenters. The summed E-state index contributed by atoms with van der Waals surface area (Å²) < 4.78 is 1.03. The molecule has 0 N–H and O–H groups in total. The smallest absolute Gasteiger partial charge is 0.254 e. The fraction of sp³-hybridized carbons (Fsp3) is 0.304. The van der Waals surface area contributed by atoms with Crippen molar-refractivity contribution in [1.82, 2.24) is 9.88 Å². The normalized spacial score (nSPS) is 17.3. The second-order valence-corrected chi connectivity index (χ2v) is 8.05. The third-order valence-corrected chi connectivity index (χ3v) is 5.97. The minimum Gasteiger partial charge on any atom is -0.336 e. The maximum atomic E-state index is 13.5. The number of hydrogen-bond acceptors (Lipinski definition) is 2. The first-order valence-corrected chi connectivity index (χ1v) is 10.4. The van der Waals surface area contributed by atoms with E-state index in [1.165, 1.54) is 6.42 Å². The number of halogens is 1. The number of piperidine rings is 1. The zero-order chi connectivity index (χ0) is 18.8. The zero-order valence-electron chi connectivity index (χ0n) is 15.5. The number of pyridine rings is 1. The minimum atomic E-state index is 0.138. The maximum absolute atomic E-state index is 13.5. The van der Waals surface area contributed by atoms with Crippen molar-refractivity contribution in [3.05, 3.63) is 64.6 Å². The molecule has 1 aliphatic rings. The van der Waals surface area contributed by atoms with E-state index in [1.807, 2.05) is 54.6 Å². The largest absolute Gasteiger partial charge is 0.336 e. The van der Waals surface area contributed by atoms with Crippen LogP contribution in [0.15, 0.2) is 59.1 Å². The second-order valence-electron chi connectivity index (χ2n) is 7.14. The van der Waals surface area contributed by atoms with Crippen molar-refractivity contribution >= 4 is 32.7 Å². The molecule has 138 valence electrons. The van der Waals surface area contributed by atoms with E-state index in [1.54, 1.807) is 0 Å². The first kappa shape index (κ1) is 18.2. The van der Waals surface area contributed by atoms with Crippen molar-refractivity contribution in [1.29, 1.82) is 0 Å². The third-order valence-electron chi connectivity index (χ3n) is 5.45. The highest BCUT2D eigenvalue weighted by atomic mass is 79.9. The van der Waals surface area contributed by atoms with E-state index in [9.17, 15) is 4.79 Å². The summed E-state index contributed by atoms with van der Waals surface area (Å²) in [6.07, 6.45) is 4.41. The Bertz CT molecular complexity index is 968. The van der Waals surface area contributed by atoms with Crippen molar-refractivity contribution < 1.29 is 4.79 Å². The van der Waals surface area contributed by atoms with Gasteiger partial charge in [0.1, 0.15) is 0 Å². The summed E-state index contributed by atoms with van der Waals surface area (Å²) in [6, 6.07) is 18.3. The summed E-state index contributed by atoms with van der Waals surface area (Å²) in [6.45, 7) is 3.02. The first-order chi connectivity index (χ1) is 13.2. The van der Waals surface area contributed by atoms with Crippen molar-refractivity contribution in [2.24, 2.45) is 0 Å². The summed E-state index contributed by atoms with van der Waals surface area (Å²) in [4.78, 5) is 20.4. The summed E-state index contributed by atoms with van der Waals surface area (Å²) >= 11 is 3.48. The van der Waals surface area contributed by atoms with E-state index in [0.29, 0.717) is 6.04 Å². The van der Waals surface area contributed by atoms with Crippen molar-refractivity contribution in [2.75, 3.05) is 6.54 Å². The lowest BCUT2D eigenvalue weighted by molar-refractivity contribution is 0.0610. The van der Waals surface area contributed by atoms with Gasteiger partial charge < -0.3 is 4.90 Å². The fourth-order valence-corrected chi connectivity index (χ4v) is 4.23. The maximum Gasteiger partial charge on any atom is 0.254 e. The number of likely N-dealkylation sites (tertiary alicyclic amines) is 1. The van der Waals surface area contributed by atoms with E-state index < -0.39 is 0 Å². The Morgan fingerprint density at radius 3 is 2.70 bits per heavy atom. The fourth-order valence-electron chi connectivity index (χ4n) is 3.97. The SMILES string of the molecule is CCC1CCCCN1C(=O)c1cc(-c2ccc(Br)cc2)nc2ccccc12. The zero-order valence-corrected chi connectivity index (χ0v) is 17.1. The molecule has 3 aromatic rings. The average molecular weight is 423 g/mol. The highest BCUT2D eigenvalue weighted by Crippen LogP contribution is 2.29. The quantitative estimate of drug-likeness (QED) is 0.512. The van der Waals surface area contributed by atoms with Gasteiger partial charge in [-0.1, -0.05) is 53.2 Å². The Morgan fingerprint density at radius 2 is 1.93 bits per heavy atom. The predicted octanol–water partition coefficient (Wildman–Crippen LogP) is 6.07. The minimum absolute atomic E-state index is 0.138. The van der Waals surface area contributed by atoms with Gasteiger partial charge in [0.05, 0.1) is 16.8 Å². The highest BCUT2D eigenvalue weighted by Gasteiger charge is 2.27. The molecule has 1 amide bonds. The summed E-state index contributed by atoms with van der Waals surface area (Å²) in [5.41, 5.74) is 3.49. The van der Waals surface area contributed by atoms with Crippen LogP contribution in [-0.4, -0.2) is 28.4 Å². The molecule has 2 heterocycles. The van der Waals surface area contributed by atoms with E-state index >= 15 is 0 Å². The number of carbonyl (C=O) groups is 1. The molecule has 0 bridgehead atoms. The molecule has 1 saturated heterocycles. The molecule has 1 atom stereocenters. The number of rotatable bonds is 3. The lowest BCUT2D eigenvalue weighted by atomic mass is 9.97. The molecule has 27 heavy (non-hydrogen) atoms. The van der Waals surface area contributed by atoms with E-state index in [2.05, 4.69) is 27.8 Å². The van der Waals surface area contributed by atoms with Gasteiger partial charge in [0.25, 0.3) is 5.91 Å². The predicted molar refractivity (Wildman–Crippen MR) is 114 cm³/mol. The van der Waals surface area contributed by atoms with Gasteiger partial charge in [-0.05, 0) is 49.9 Å². The Labute approximate surface area is 168 Å². The van der Waals surface area contributed by atoms with Gasteiger partial charge in [0.2, 0.25) is 0 Å². The number of fused-ring (bicyclic) bond motifs is 1. The molecular weight excluding hydrogens is 400 g/mol. The second kappa shape index (κ2) is 7.81. The van der Waals surface area contributed by atoms with E-state index in [4.69, 9.17) is 4.98 Å². The number of para-hydroxylation sites is 1. The van der Waals surface area contributed by atoms with E-state index in [-0.39, 0.29) is 5.91 Å². The van der Waals surface area contributed by atoms with Gasteiger partial charge in [0, 0.05) is 28.0 Å². The molecule has 0 aliphatic carbocycles. The molecule has 0 radical (unpaired) electrons. The molecule has 1 aromatic heterocycles. The molecule has 4 heteroatoms. The van der Waals surface area contributed by atoms with Crippen LogP contribution in [0.2, 0.25) is 0 Å². The average Bonchev–Trinajstić information content (AvgIpc) is 2.73. The summed E-state index contributed by atoms with van der Waals surface area (Å²) in [5, 5.41) is 0.934. The monoisotopic (exact) mass is 422 g/mol. The summed E-state index contributed by atoms with van der Waals surface area (Å²) in [5.74, 6) is 0.138. The molecule has 0 saturated carbocycles. The van der Waals surface area contributed by atoms with Crippen LogP contribution < -0.4 is 0 Å². The van der Waals surface area contributed by atoms with Crippen molar-refractivity contribution in [2.45, 2.75) is 38.6 Å². The van der Waals surface area contributed by atoms with Gasteiger partial charge >= 0.3 is 0 Å². The number of carbonyl (C=O) groups excluding carboxylic acids is 1. The van der Waals surface area contributed by atoms with Gasteiger partial charge in [-0.25, -0.2) is 4.98 Å². The molecule has 0 spiro atoms. The molecule has 4 rings (SSSR count). The Morgan fingerprint density at radius 1 is 1.15 bits per heavy atom. The molecule has 1 aliphatic heterocycles. The Hall–Kier alpha value is -2.20. The first-order valence-electron chi connectivity index (χ1n) is 9.64. The Kier molecular flexibility index (Phi) is 5.26. The van der Waals surface area contributed by atoms with Crippen molar-refractivity contribution in [3.63, 3.8) is 0 Å². The van der Waals surface area contributed by atoms with Crippen LogP contribution in [0.5, 0.6) is 0 Å². The van der Waals surface area contributed by atoms with Gasteiger partial charge in [-0.3, -0.25) is 4.79 Å². The Balaban J connectivity index is 1.83. The molecule has 3 nitrogen and oxygen atoms in total. The van der Waals surface area contributed by atoms with E-state index in [0.717, 1.165) is 58.0 Å². The molecule has 1 fully saturated rings. The molecule has 2 aromatic carbocycles. The molecular formula is C23H23BrN2O. The number of benzene rings is 2. The highest BCUT2D eigenvalue weighted by molar-refractivity contribution is 9.10. The van der Waals surface area contributed by atoms with Crippen LogP contribution in [-0.2, 0) is 0 Å². The van der Waals surface area contributed by atoms with Gasteiger partial charge in [-0.15, -0.1) is 0 Å². The number of aromatic nitrogens is 1. The number of nitrogens with zero attached hydrogens (tertiary/aromatic N) is 2. The topological polar surface area (TPSA) is 33.2 Å². The third kappa shape index (κ3) is 3.63. The standard InChI is InChI=1S/C23H23BrN2O/c1-2-18-7-5-6-14-26(18)23(27)20-15-22(16-10-12-17(24)13-11-16)25-21-9-4-3-8-19(20)21/h3-4,8-13,15,18H,2,5-7,14H2,1H3. The summed E-state index contributed by atoms with van der Waals surface area (Å²) in [7, 11) is 0. The van der Waals surface area contributed by atoms with Crippen LogP contribution >= 0.6 is 15.9 Å². The van der Waals surface area contributed by atoms with Crippen LogP contribution in [0.1, 0.15) is 43.0 Å². The number of hydrogen-bond donors (Lipinski definition) is 0.